The van der Waals surface area contributed by atoms with E-state index in [-0.39, 0.29) is 17.8 Å². The number of benzene rings is 1. The van der Waals surface area contributed by atoms with Gasteiger partial charge in [0.15, 0.2) is 5.96 Å². The summed E-state index contributed by atoms with van der Waals surface area (Å²) in [5, 5.41) is 9.49. The van der Waals surface area contributed by atoms with Gasteiger partial charge in [0.1, 0.15) is 0 Å². The first-order valence-electron chi connectivity index (χ1n) is 7.81. The fourth-order valence-corrected chi connectivity index (χ4v) is 3.22. The topological polar surface area (TPSA) is 99.3 Å². The van der Waals surface area contributed by atoms with E-state index >= 15 is 0 Å². The molecular weight excluding hydrogens is 292 g/mol. The summed E-state index contributed by atoms with van der Waals surface area (Å²) in [5.74, 6) is -0.161. The number of amides is 2. The molecule has 0 radical (unpaired) electrons. The molecule has 4 N–H and O–H groups in total. The Morgan fingerprint density at radius 3 is 2.35 bits per heavy atom. The minimum atomic E-state index is -0.354. The maximum atomic E-state index is 12.1. The molecule has 1 heterocycles. The van der Waals surface area contributed by atoms with Gasteiger partial charge in [0.05, 0.1) is 0 Å². The van der Waals surface area contributed by atoms with E-state index in [1.54, 1.807) is 6.92 Å². The van der Waals surface area contributed by atoms with Gasteiger partial charge in [0, 0.05) is 25.6 Å². The van der Waals surface area contributed by atoms with Gasteiger partial charge in [0.25, 0.3) is 5.91 Å². The first-order valence-corrected chi connectivity index (χ1v) is 7.81. The Labute approximate surface area is 136 Å². The van der Waals surface area contributed by atoms with Gasteiger partial charge in [-0.2, -0.15) is 0 Å². The fraction of sp³-hybridized carbons (Fsp3) is 0.471. The van der Waals surface area contributed by atoms with Crippen LogP contribution in [0.25, 0.3) is 0 Å². The smallest absolute Gasteiger partial charge is 0.258 e. The zero-order chi connectivity index (χ0) is 17.1. The normalized spacial score (nSPS) is 15.3. The van der Waals surface area contributed by atoms with E-state index in [0.717, 1.165) is 37.1 Å². The van der Waals surface area contributed by atoms with E-state index < -0.39 is 0 Å². The Kier molecular flexibility index (Phi) is 5.03. The molecule has 124 valence electrons. The van der Waals surface area contributed by atoms with E-state index in [2.05, 4.69) is 11.4 Å². The van der Waals surface area contributed by atoms with Crippen LogP contribution in [0.4, 0.5) is 0 Å². The molecule has 1 aromatic carbocycles. The Morgan fingerprint density at radius 2 is 1.83 bits per heavy atom. The van der Waals surface area contributed by atoms with Crippen molar-refractivity contribution in [1.82, 2.24) is 10.2 Å². The highest BCUT2D eigenvalue weighted by Crippen LogP contribution is 2.32. The Morgan fingerprint density at radius 1 is 1.22 bits per heavy atom. The van der Waals surface area contributed by atoms with Crippen LogP contribution in [-0.2, 0) is 4.79 Å². The van der Waals surface area contributed by atoms with Gasteiger partial charge in [-0.1, -0.05) is 6.07 Å². The van der Waals surface area contributed by atoms with Crippen molar-refractivity contribution < 1.29 is 9.59 Å². The predicted octanol–water partition coefficient (Wildman–Crippen LogP) is 1.65. The molecule has 0 atom stereocenters. The molecule has 1 aliphatic rings. The lowest BCUT2D eigenvalue weighted by Crippen LogP contribution is -2.37. The molecule has 0 aliphatic carbocycles. The molecule has 1 aliphatic heterocycles. The number of piperidine rings is 1. The van der Waals surface area contributed by atoms with Crippen LogP contribution in [0.5, 0.6) is 0 Å². The first-order chi connectivity index (χ1) is 10.8. The number of rotatable bonds is 2. The summed E-state index contributed by atoms with van der Waals surface area (Å²) in [5.41, 5.74) is 8.94. The summed E-state index contributed by atoms with van der Waals surface area (Å²) in [6.45, 7) is 7.06. The van der Waals surface area contributed by atoms with Gasteiger partial charge in [0.2, 0.25) is 5.91 Å². The van der Waals surface area contributed by atoms with Crippen molar-refractivity contribution >= 4 is 17.8 Å². The lowest BCUT2D eigenvalue weighted by atomic mass is 9.84. The summed E-state index contributed by atoms with van der Waals surface area (Å²) in [7, 11) is 0. The van der Waals surface area contributed by atoms with E-state index in [0.29, 0.717) is 11.5 Å². The number of nitrogens with two attached hydrogens (primary N) is 1. The zero-order valence-electron chi connectivity index (χ0n) is 13.9. The maximum Gasteiger partial charge on any atom is 0.258 e. The van der Waals surface area contributed by atoms with Gasteiger partial charge in [-0.25, -0.2) is 0 Å². The number of guanidine groups is 1. The quantitative estimate of drug-likeness (QED) is 0.571. The van der Waals surface area contributed by atoms with Crippen LogP contribution >= 0.6 is 0 Å². The number of likely N-dealkylation sites (tertiary alicyclic amines) is 1. The monoisotopic (exact) mass is 316 g/mol. The van der Waals surface area contributed by atoms with Gasteiger partial charge in [-0.3, -0.25) is 20.3 Å². The minimum absolute atomic E-state index is 0.132. The average Bonchev–Trinajstić information content (AvgIpc) is 2.48. The number of hydrogen-bond donors (Lipinski definition) is 3. The van der Waals surface area contributed by atoms with E-state index in [9.17, 15) is 9.59 Å². The van der Waals surface area contributed by atoms with Gasteiger partial charge in [-0.15, -0.1) is 0 Å². The second-order valence-corrected chi connectivity index (χ2v) is 6.17. The lowest BCUT2D eigenvalue weighted by molar-refractivity contribution is -0.129. The van der Waals surface area contributed by atoms with Gasteiger partial charge < -0.3 is 10.6 Å². The van der Waals surface area contributed by atoms with E-state index in [4.69, 9.17) is 11.1 Å². The van der Waals surface area contributed by atoms with Crippen molar-refractivity contribution in [2.24, 2.45) is 5.73 Å². The van der Waals surface area contributed by atoms with Crippen molar-refractivity contribution in [2.75, 3.05) is 13.1 Å². The summed E-state index contributed by atoms with van der Waals surface area (Å²) >= 11 is 0. The second-order valence-electron chi connectivity index (χ2n) is 6.17. The molecule has 1 saturated heterocycles. The van der Waals surface area contributed by atoms with Gasteiger partial charge >= 0.3 is 0 Å². The highest BCUT2D eigenvalue weighted by Gasteiger charge is 2.24. The fourth-order valence-electron chi connectivity index (χ4n) is 3.22. The molecule has 6 nitrogen and oxygen atoms in total. The number of nitrogens with one attached hydrogen (secondary N) is 2. The third kappa shape index (κ3) is 3.88. The third-order valence-electron chi connectivity index (χ3n) is 4.49. The summed E-state index contributed by atoms with van der Waals surface area (Å²) in [6.07, 6.45) is 1.89. The third-order valence-corrected chi connectivity index (χ3v) is 4.49. The summed E-state index contributed by atoms with van der Waals surface area (Å²) in [6, 6.07) is 3.92. The molecular formula is C17H24N4O2. The van der Waals surface area contributed by atoms with Crippen LogP contribution in [0, 0.1) is 19.3 Å². The number of aryl methyl sites for hydroxylation is 2. The molecule has 1 fully saturated rings. The number of nitrogens with zero attached hydrogens (tertiary/aromatic N) is 1. The zero-order valence-corrected chi connectivity index (χ0v) is 13.9. The Bertz CT molecular complexity index is 646. The van der Waals surface area contributed by atoms with Crippen molar-refractivity contribution in [3.63, 3.8) is 0 Å². The second kappa shape index (κ2) is 6.81. The number of carbonyl (C=O) groups excluding carboxylic acids is 2. The number of carbonyl (C=O) groups is 2. The minimum Gasteiger partial charge on any atom is -0.370 e. The Balaban J connectivity index is 2.19. The Hall–Kier alpha value is -2.37. The average molecular weight is 316 g/mol. The highest BCUT2D eigenvalue weighted by molar-refractivity contribution is 6.05. The molecule has 0 unspecified atom stereocenters. The van der Waals surface area contributed by atoms with E-state index in [1.165, 1.54) is 5.56 Å². The van der Waals surface area contributed by atoms with Crippen LogP contribution in [0.15, 0.2) is 12.1 Å². The van der Waals surface area contributed by atoms with Crippen molar-refractivity contribution in [2.45, 2.75) is 39.5 Å². The number of hydrogen-bond acceptors (Lipinski definition) is 3. The molecule has 6 heteroatoms. The largest absolute Gasteiger partial charge is 0.370 e. The molecule has 1 aromatic rings. The standard InChI is InChI=1S/C17H24N4O2/c1-10-9-15(16(23)20-17(18)19)11(2)8-14(10)13-4-6-21(7-5-13)12(3)22/h8-9,13H,4-7H2,1-3H3,(H4,18,19,20,23). The molecule has 0 aromatic heterocycles. The predicted molar refractivity (Wildman–Crippen MR) is 89.5 cm³/mol. The van der Waals surface area contributed by atoms with Crippen LogP contribution in [0.2, 0.25) is 0 Å². The van der Waals surface area contributed by atoms with Crippen molar-refractivity contribution in [1.29, 1.82) is 5.41 Å². The van der Waals surface area contributed by atoms with Crippen LogP contribution in [-0.4, -0.2) is 35.8 Å². The molecule has 0 spiro atoms. The maximum absolute atomic E-state index is 12.1. The highest BCUT2D eigenvalue weighted by atomic mass is 16.2. The summed E-state index contributed by atoms with van der Waals surface area (Å²) < 4.78 is 0. The molecule has 0 bridgehead atoms. The SMILES string of the molecule is CC(=O)N1CCC(c2cc(C)c(C(=O)NC(=N)N)cc2C)CC1. The van der Waals surface area contributed by atoms with Crippen LogP contribution in [0.3, 0.4) is 0 Å². The van der Waals surface area contributed by atoms with E-state index in [1.807, 2.05) is 24.8 Å². The van der Waals surface area contributed by atoms with Crippen molar-refractivity contribution in [3.8, 4) is 0 Å². The lowest BCUT2D eigenvalue weighted by Gasteiger charge is -2.32. The molecule has 2 rings (SSSR count). The molecule has 23 heavy (non-hydrogen) atoms. The summed E-state index contributed by atoms with van der Waals surface area (Å²) in [4.78, 5) is 25.4. The van der Waals surface area contributed by atoms with Gasteiger partial charge in [-0.05, 0) is 55.4 Å². The molecule has 2 amide bonds. The first kappa shape index (κ1) is 17.0. The van der Waals surface area contributed by atoms with Crippen molar-refractivity contribution in [3.05, 3.63) is 34.4 Å². The van der Waals surface area contributed by atoms with Crippen LogP contribution < -0.4 is 11.1 Å². The van der Waals surface area contributed by atoms with Crippen LogP contribution in [0.1, 0.15) is 52.7 Å². The molecule has 0 saturated carbocycles.